The number of hydrogen-bond acceptors (Lipinski definition) is 4. The second kappa shape index (κ2) is 7.96. The molecule has 3 aromatic rings. The fourth-order valence-corrected chi connectivity index (χ4v) is 3.55. The summed E-state index contributed by atoms with van der Waals surface area (Å²) >= 11 is 0. The number of methoxy groups -OCH3 is 1. The summed E-state index contributed by atoms with van der Waals surface area (Å²) in [6.07, 6.45) is 4.42. The molecule has 2 aromatic carbocycles. The van der Waals surface area contributed by atoms with Crippen molar-refractivity contribution in [1.29, 1.82) is 0 Å². The van der Waals surface area contributed by atoms with E-state index in [0.29, 0.717) is 18.7 Å². The van der Waals surface area contributed by atoms with Gasteiger partial charge < -0.3 is 19.9 Å². The molecule has 2 N–H and O–H groups in total. The van der Waals surface area contributed by atoms with Crippen molar-refractivity contribution in [1.82, 2.24) is 14.5 Å². The fourth-order valence-electron chi connectivity index (χ4n) is 3.55. The SMILES string of the molecule is CO[C@H]1CN(C(=O)c2ccc(-c3cn(-c4ccccc4)cn3)cc2)CC[C@H]1N. The van der Waals surface area contributed by atoms with Crippen molar-refractivity contribution in [3.8, 4) is 16.9 Å². The van der Waals surface area contributed by atoms with E-state index < -0.39 is 0 Å². The van der Waals surface area contributed by atoms with Crippen LogP contribution in [0.15, 0.2) is 67.1 Å². The summed E-state index contributed by atoms with van der Waals surface area (Å²) in [7, 11) is 1.64. The van der Waals surface area contributed by atoms with Crippen molar-refractivity contribution in [2.45, 2.75) is 18.6 Å². The van der Waals surface area contributed by atoms with Gasteiger partial charge in [0.15, 0.2) is 0 Å². The predicted molar refractivity (Wildman–Crippen MR) is 108 cm³/mol. The topological polar surface area (TPSA) is 73.4 Å². The Kier molecular flexibility index (Phi) is 5.23. The Bertz CT molecular complexity index is 937. The molecule has 144 valence electrons. The molecule has 2 heterocycles. The zero-order valence-electron chi connectivity index (χ0n) is 15.9. The molecule has 1 aliphatic rings. The van der Waals surface area contributed by atoms with Gasteiger partial charge in [0.2, 0.25) is 0 Å². The van der Waals surface area contributed by atoms with Gasteiger partial charge in [-0.2, -0.15) is 0 Å². The number of hydrogen-bond donors (Lipinski definition) is 1. The number of rotatable bonds is 4. The van der Waals surface area contributed by atoms with Gasteiger partial charge in [0.25, 0.3) is 5.91 Å². The Labute approximate surface area is 164 Å². The summed E-state index contributed by atoms with van der Waals surface area (Å²) in [4.78, 5) is 19.1. The Balaban J connectivity index is 1.48. The van der Waals surface area contributed by atoms with Crippen LogP contribution in [0.4, 0.5) is 0 Å². The van der Waals surface area contributed by atoms with Crippen LogP contribution in [0.1, 0.15) is 16.8 Å². The Morgan fingerprint density at radius 3 is 2.61 bits per heavy atom. The van der Waals surface area contributed by atoms with E-state index in [9.17, 15) is 4.79 Å². The smallest absolute Gasteiger partial charge is 0.253 e. The third kappa shape index (κ3) is 3.69. The van der Waals surface area contributed by atoms with Gasteiger partial charge in [-0.25, -0.2) is 4.98 Å². The molecular weight excluding hydrogens is 352 g/mol. The number of para-hydroxylation sites is 1. The number of amides is 1. The van der Waals surface area contributed by atoms with Crippen molar-refractivity contribution in [2.24, 2.45) is 5.73 Å². The summed E-state index contributed by atoms with van der Waals surface area (Å²) in [6.45, 7) is 1.18. The van der Waals surface area contributed by atoms with E-state index >= 15 is 0 Å². The predicted octanol–water partition coefficient (Wildman–Crippen LogP) is 2.73. The Hall–Kier alpha value is -2.96. The van der Waals surface area contributed by atoms with Gasteiger partial charge in [0, 0.05) is 49.3 Å². The average Bonchev–Trinajstić information content (AvgIpc) is 3.25. The Morgan fingerprint density at radius 2 is 1.89 bits per heavy atom. The van der Waals surface area contributed by atoms with E-state index in [0.717, 1.165) is 23.4 Å². The van der Waals surface area contributed by atoms with Gasteiger partial charge in [-0.05, 0) is 30.7 Å². The molecule has 28 heavy (non-hydrogen) atoms. The molecule has 2 atom stereocenters. The van der Waals surface area contributed by atoms with Gasteiger partial charge in [0.05, 0.1) is 18.1 Å². The molecule has 0 saturated carbocycles. The first-order valence-electron chi connectivity index (χ1n) is 9.43. The van der Waals surface area contributed by atoms with Crippen LogP contribution in [-0.4, -0.2) is 52.7 Å². The van der Waals surface area contributed by atoms with Crippen LogP contribution >= 0.6 is 0 Å². The second-order valence-electron chi connectivity index (χ2n) is 7.06. The number of piperidine rings is 1. The van der Waals surface area contributed by atoms with E-state index in [4.69, 9.17) is 10.5 Å². The quantitative estimate of drug-likeness (QED) is 0.760. The number of aromatic nitrogens is 2. The highest BCUT2D eigenvalue weighted by atomic mass is 16.5. The van der Waals surface area contributed by atoms with Crippen molar-refractivity contribution in [2.75, 3.05) is 20.2 Å². The molecule has 0 bridgehead atoms. The van der Waals surface area contributed by atoms with Gasteiger partial charge in [-0.15, -0.1) is 0 Å². The lowest BCUT2D eigenvalue weighted by atomic mass is 10.0. The first-order valence-corrected chi connectivity index (χ1v) is 9.43. The number of benzene rings is 2. The number of ether oxygens (including phenoxy) is 1. The molecule has 6 nitrogen and oxygen atoms in total. The van der Waals surface area contributed by atoms with E-state index in [1.54, 1.807) is 13.4 Å². The summed E-state index contributed by atoms with van der Waals surface area (Å²) in [6, 6.07) is 17.6. The molecule has 1 amide bonds. The molecule has 0 spiro atoms. The summed E-state index contributed by atoms with van der Waals surface area (Å²) in [5.41, 5.74) is 9.61. The maximum absolute atomic E-state index is 12.8. The zero-order chi connectivity index (χ0) is 19.5. The van der Waals surface area contributed by atoms with Crippen molar-refractivity contribution in [3.63, 3.8) is 0 Å². The van der Waals surface area contributed by atoms with Crippen LogP contribution in [0.3, 0.4) is 0 Å². The highest BCUT2D eigenvalue weighted by molar-refractivity contribution is 5.94. The number of likely N-dealkylation sites (tertiary alicyclic amines) is 1. The third-order valence-corrected chi connectivity index (χ3v) is 5.26. The van der Waals surface area contributed by atoms with Crippen LogP contribution in [0, 0.1) is 0 Å². The number of carbonyl (C=O) groups is 1. The highest BCUT2D eigenvalue weighted by Gasteiger charge is 2.29. The third-order valence-electron chi connectivity index (χ3n) is 5.26. The van der Waals surface area contributed by atoms with Crippen LogP contribution in [0.5, 0.6) is 0 Å². The van der Waals surface area contributed by atoms with Crippen LogP contribution in [0.2, 0.25) is 0 Å². The highest BCUT2D eigenvalue weighted by Crippen LogP contribution is 2.21. The minimum absolute atomic E-state index is 0.00955. The zero-order valence-corrected chi connectivity index (χ0v) is 15.9. The lowest BCUT2D eigenvalue weighted by Crippen LogP contribution is -2.53. The molecule has 1 saturated heterocycles. The van der Waals surface area contributed by atoms with Crippen molar-refractivity contribution < 1.29 is 9.53 Å². The van der Waals surface area contributed by atoms with Crippen molar-refractivity contribution >= 4 is 5.91 Å². The minimum Gasteiger partial charge on any atom is -0.378 e. The lowest BCUT2D eigenvalue weighted by Gasteiger charge is -2.36. The second-order valence-corrected chi connectivity index (χ2v) is 7.06. The molecule has 4 rings (SSSR count). The Morgan fingerprint density at radius 1 is 1.14 bits per heavy atom. The molecule has 1 aromatic heterocycles. The van der Waals surface area contributed by atoms with E-state index in [1.165, 1.54) is 0 Å². The largest absolute Gasteiger partial charge is 0.378 e. The van der Waals surface area contributed by atoms with E-state index in [2.05, 4.69) is 4.98 Å². The number of nitrogens with zero attached hydrogens (tertiary/aromatic N) is 3. The average molecular weight is 376 g/mol. The summed E-state index contributed by atoms with van der Waals surface area (Å²) < 4.78 is 7.39. The van der Waals surface area contributed by atoms with Gasteiger partial charge >= 0.3 is 0 Å². The first kappa shape index (κ1) is 18.4. The molecule has 0 aliphatic carbocycles. The van der Waals surface area contributed by atoms with Crippen molar-refractivity contribution in [3.05, 3.63) is 72.7 Å². The lowest BCUT2D eigenvalue weighted by molar-refractivity contribution is 0.0162. The van der Waals surface area contributed by atoms with Crippen LogP contribution in [0.25, 0.3) is 16.9 Å². The maximum Gasteiger partial charge on any atom is 0.253 e. The maximum atomic E-state index is 12.8. The van der Waals surface area contributed by atoms with Gasteiger partial charge in [0.1, 0.15) is 0 Å². The molecule has 0 unspecified atom stereocenters. The fraction of sp³-hybridized carbons (Fsp3) is 0.273. The summed E-state index contributed by atoms with van der Waals surface area (Å²) in [5.74, 6) is 0.00955. The van der Waals surface area contributed by atoms with Crippen LogP contribution in [-0.2, 0) is 4.74 Å². The monoisotopic (exact) mass is 376 g/mol. The molecule has 6 heteroatoms. The number of carbonyl (C=O) groups excluding carboxylic acids is 1. The van der Waals surface area contributed by atoms with E-state index in [-0.39, 0.29) is 18.1 Å². The van der Waals surface area contributed by atoms with Gasteiger partial charge in [-0.3, -0.25) is 4.79 Å². The standard InChI is InChI=1S/C22H24N4O2/c1-28-21-14-25(12-11-19(21)23)22(27)17-9-7-16(8-10-17)20-13-26(15-24-20)18-5-3-2-4-6-18/h2-10,13,15,19,21H,11-12,14,23H2,1H3/t19-,21+/m1/s1. The first-order chi connectivity index (χ1) is 13.7. The molecule has 1 aliphatic heterocycles. The molecule has 0 radical (unpaired) electrons. The van der Waals surface area contributed by atoms with E-state index in [1.807, 2.05) is 70.3 Å². The summed E-state index contributed by atoms with van der Waals surface area (Å²) in [5, 5.41) is 0. The van der Waals surface area contributed by atoms with Gasteiger partial charge in [-0.1, -0.05) is 30.3 Å². The molecule has 1 fully saturated rings. The minimum atomic E-state index is -0.112. The molecular formula is C22H24N4O2. The van der Waals surface area contributed by atoms with Crippen LogP contribution < -0.4 is 5.73 Å². The normalized spacial score (nSPS) is 19.6. The number of nitrogens with two attached hydrogens (primary N) is 1. The number of imidazole rings is 1.